The summed E-state index contributed by atoms with van der Waals surface area (Å²) >= 11 is 14.0. The first-order valence-corrected chi connectivity index (χ1v) is 11.1. The molecule has 0 saturated carbocycles. The van der Waals surface area contributed by atoms with Gasteiger partial charge in [0, 0.05) is 19.0 Å². The van der Waals surface area contributed by atoms with Gasteiger partial charge in [0.2, 0.25) is 0 Å². The molecule has 0 spiro atoms. The number of halogens is 4. The van der Waals surface area contributed by atoms with Gasteiger partial charge >= 0.3 is 0 Å². The summed E-state index contributed by atoms with van der Waals surface area (Å²) in [5.41, 5.74) is 0. The normalized spacial score (nSPS) is 11.6. The van der Waals surface area contributed by atoms with Gasteiger partial charge in [0.15, 0.2) is 0 Å². The molecule has 82 valence electrons. The Kier molecular flexibility index (Phi) is 13.8. The van der Waals surface area contributed by atoms with Crippen LogP contribution in [0.25, 0.3) is 0 Å². The second-order valence-electron chi connectivity index (χ2n) is 2.86. The Morgan fingerprint density at radius 1 is 0.643 bits per heavy atom. The van der Waals surface area contributed by atoms with Crippen LogP contribution in [0.5, 0.6) is 0 Å². The van der Waals surface area contributed by atoms with E-state index in [-0.39, 0.29) is 0 Å². The van der Waals surface area contributed by atoms with Crippen molar-refractivity contribution in [1.82, 2.24) is 0 Å². The lowest BCUT2D eigenvalue weighted by Gasteiger charge is -2.02. The van der Waals surface area contributed by atoms with Crippen molar-refractivity contribution in [2.75, 3.05) is 0 Å². The molecule has 0 aromatic heterocycles. The van der Waals surface area contributed by atoms with E-state index in [1.807, 2.05) is 0 Å². The first-order chi connectivity index (χ1) is 6.63. The van der Waals surface area contributed by atoms with Gasteiger partial charge in [-0.3, -0.25) is 0 Å². The van der Waals surface area contributed by atoms with Gasteiger partial charge in [-0.1, -0.05) is 87.9 Å². The van der Waals surface area contributed by atoms with Crippen molar-refractivity contribution in [1.29, 1.82) is 0 Å². The zero-order valence-corrected chi connectivity index (χ0v) is 16.3. The van der Waals surface area contributed by atoms with E-state index in [9.17, 15) is 0 Å². The minimum Gasteiger partial charge on any atom is -0.0765 e. The van der Waals surface area contributed by atoms with Crippen LogP contribution < -0.4 is 0 Å². The summed E-state index contributed by atoms with van der Waals surface area (Å²) in [7, 11) is 2.31. The van der Waals surface area contributed by atoms with Crippen LogP contribution in [0.1, 0.15) is 12.8 Å². The van der Waals surface area contributed by atoms with Crippen LogP contribution in [-0.4, -0.2) is 26.5 Å². The molecule has 0 N–H and O–H groups in total. The third-order valence-corrected chi connectivity index (χ3v) is 6.38. The highest BCUT2D eigenvalue weighted by molar-refractivity contribution is 9.25. The summed E-state index contributed by atoms with van der Waals surface area (Å²) in [4.78, 5) is 0. The fourth-order valence-electron chi connectivity index (χ4n) is 0.849. The minimum absolute atomic E-state index is 0.521. The average molecular weight is 486 g/mol. The molecule has 0 aromatic carbocycles. The Bertz CT molecular complexity index is 108. The molecule has 0 atom stereocenters. The second-order valence-corrected chi connectivity index (χ2v) is 12.7. The van der Waals surface area contributed by atoms with Crippen molar-refractivity contribution in [2.45, 2.75) is 44.5 Å². The lowest BCUT2D eigenvalue weighted by atomic mass is 10.6. The maximum Gasteiger partial charge on any atom is 0.0695 e. The van der Waals surface area contributed by atoms with Crippen molar-refractivity contribution >= 4 is 82.8 Å². The predicted molar refractivity (Wildman–Crippen MR) is 83.3 cm³/mol. The molecule has 0 rings (SSSR count). The van der Waals surface area contributed by atoms with Gasteiger partial charge in [-0.2, -0.15) is 0 Å². The first-order valence-electron chi connectivity index (χ1n) is 4.60. The highest BCUT2D eigenvalue weighted by Crippen LogP contribution is 2.16. The molecular formula is C8H14Br4Si2. The molecule has 4 radical (unpaired) electrons. The smallest absolute Gasteiger partial charge is 0.0695 e. The summed E-state index contributed by atoms with van der Waals surface area (Å²) in [6, 6.07) is 5.59. The van der Waals surface area contributed by atoms with Crippen LogP contribution in [0.3, 0.4) is 0 Å². The molecule has 0 aliphatic heterocycles. The molecule has 0 aliphatic rings. The van der Waals surface area contributed by atoms with Gasteiger partial charge < -0.3 is 0 Å². The van der Waals surface area contributed by atoms with E-state index >= 15 is 0 Å². The van der Waals surface area contributed by atoms with Gasteiger partial charge in [-0.05, 0) is 12.8 Å². The summed E-state index contributed by atoms with van der Waals surface area (Å²) in [6.07, 6.45) is 2.51. The van der Waals surface area contributed by atoms with Crippen LogP contribution in [0, 0.1) is 0 Å². The summed E-state index contributed by atoms with van der Waals surface area (Å²) in [5.74, 6) is 0. The molecule has 0 bridgehead atoms. The molecule has 0 nitrogen and oxygen atoms in total. The second kappa shape index (κ2) is 11.8. The van der Waals surface area contributed by atoms with Crippen LogP contribution in [-0.2, 0) is 0 Å². The largest absolute Gasteiger partial charge is 0.0765 e. The van der Waals surface area contributed by atoms with Gasteiger partial charge in [-0.25, -0.2) is 0 Å². The quantitative estimate of drug-likeness (QED) is 0.243. The number of rotatable bonds is 9. The van der Waals surface area contributed by atoms with Crippen molar-refractivity contribution in [3.05, 3.63) is 0 Å². The molecule has 14 heavy (non-hydrogen) atoms. The van der Waals surface area contributed by atoms with Crippen LogP contribution in [0.15, 0.2) is 0 Å². The lowest BCUT2D eigenvalue weighted by molar-refractivity contribution is 1.05. The molecule has 0 fully saturated rings. The molecule has 0 saturated heterocycles. The average Bonchev–Trinajstić information content (AvgIpc) is 2.08. The number of alkyl halides is 4. The van der Waals surface area contributed by atoms with E-state index in [0.29, 0.717) is 7.47 Å². The fraction of sp³-hybridized carbons (Fsp3) is 1.00. The van der Waals surface area contributed by atoms with Crippen molar-refractivity contribution in [3.8, 4) is 0 Å². The summed E-state index contributed by atoms with van der Waals surface area (Å²) in [5, 5.41) is 0. The molecular weight excluding hydrogens is 472 g/mol. The van der Waals surface area contributed by atoms with Crippen molar-refractivity contribution < 1.29 is 0 Å². The molecule has 0 unspecified atom stereocenters. The Hall–Kier alpha value is 2.35. The molecule has 6 heteroatoms. The van der Waals surface area contributed by atoms with E-state index < -0.39 is 0 Å². The zero-order chi connectivity index (χ0) is 10.8. The highest BCUT2D eigenvalue weighted by atomic mass is 79.9. The van der Waals surface area contributed by atoms with Crippen LogP contribution in [0.2, 0.25) is 24.2 Å². The van der Waals surface area contributed by atoms with E-state index in [4.69, 9.17) is 0 Å². The molecule has 0 amide bonds. The monoisotopic (exact) mass is 482 g/mol. The Labute approximate surface area is 126 Å². The van der Waals surface area contributed by atoms with Crippen molar-refractivity contribution in [3.63, 3.8) is 0 Å². The zero-order valence-electron chi connectivity index (χ0n) is 7.91. The minimum atomic E-state index is 0.521. The molecule has 0 aromatic rings. The van der Waals surface area contributed by atoms with Gasteiger partial charge in [0.1, 0.15) is 0 Å². The van der Waals surface area contributed by atoms with E-state index in [2.05, 4.69) is 63.7 Å². The van der Waals surface area contributed by atoms with Gasteiger partial charge in [0.05, 0.1) is 7.47 Å². The van der Waals surface area contributed by atoms with E-state index in [1.165, 1.54) is 37.0 Å². The van der Waals surface area contributed by atoms with Crippen molar-refractivity contribution in [2.24, 2.45) is 0 Å². The molecule has 0 heterocycles. The maximum atomic E-state index is 3.50. The SMILES string of the molecule is BrC(Br)CC[Si]CC[Si]CCC(Br)Br. The standard InChI is InChI=1S/C8H14Br4Si2/c9-7(10)1-3-13-5-6-14-4-2-8(11)12/h7-8H,1-6H2. The third-order valence-electron chi connectivity index (χ3n) is 1.56. The Balaban J connectivity index is 2.92. The van der Waals surface area contributed by atoms with Crippen LogP contribution in [0.4, 0.5) is 0 Å². The summed E-state index contributed by atoms with van der Waals surface area (Å²) < 4.78 is 1.04. The topological polar surface area (TPSA) is 0 Å². The van der Waals surface area contributed by atoms with Crippen LogP contribution >= 0.6 is 63.7 Å². The predicted octanol–water partition coefficient (Wildman–Crippen LogP) is 5.08. The summed E-state index contributed by atoms with van der Waals surface area (Å²) in [6.45, 7) is 0. The first kappa shape index (κ1) is 16.4. The fourth-order valence-corrected chi connectivity index (χ4v) is 6.36. The number of hydrogen-bond acceptors (Lipinski definition) is 0. The van der Waals surface area contributed by atoms with E-state index in [0.717, 1.165) is 19.0 Å². The highest BCUT2D eigenvalue weighted by Gasteiger charge is 2.00. The number of hydrogen-bond donors (Lipinski definition) is 0. The Morgan fingerprint density at radius 3 is 1.29 bits per heavy atom. The molecule has 0 aliphatic carbocycles. The van der Waals surface area contributed by atoms with Gasteiger partial charge in [-0.15, -0.1) is 0 Å². The maximum absolute atomic E-state index is 3.50. The Morgan fingerprint density at radius 2 is 1.00 bits per heavy atom. The lowest BCUT2D eigenvalue weighted by Crippen LogP contribution is -1.97. The van der Waals surface area contributed by atoms with E-state index in [1.54, 1.807) is 0 Å². The third kappa shape index (κ3) is 14.4. The van der Waals surface area contributed by atoms with Gasteiger partial charge in [0.25, 0.3) is 0 Å².